The van der Waals surface area contributed by atoms with Gasteiger partial charge in [0.05, 0.1) is 18.4 Å². The van der Waals surface area contributed by atoms with Gasteiger partial charge in [-0.15, -0.1) is 0 Å². The molecule has 9 nitrogen and oxygen atoms in total. The lowest BCUT2D eigenvalue weighted by molar-refractivity contribution is -0.139. The van der Waals surface area contributed by atoms with E-state index in [1.165, 1.54) is 17.2 Å². The van der Waals surface area contributed by atoms with Crippen LogP contribution in [0, 0.1) is 11.6 Å². The molecule has 1 saturated heterocycles. The van der Waals surface area contributed by atoms with Crippen LogP contribution >= 0.6 is 0 Å². The molecule has 1 aliphatic heterocycles. The van der Waals surface area contributed by atoms with Gasteiger partial charge in [0, 0.05) is 17.7 Å². The van der Waals surface area contributed by atoms with Crippen molar-refractivity contribution in [3.63, 3.8) is 0 Å². The van der Waals surface area contributed by atoms with Crippen LogP contribution in [-0.4, -0.2) is 48.1 Å². The number of hydrogen-bond acceptors (Lipinski definition) is 7. The topological polar surface area (TPSA) is 110 Å². The van der Waals surface area contributed by atoms with Crippen molar-refractivity contribution < 1.29 is 23.2 Å². The summed E-state index contributed by atoms with van der Waals surface area (Å²) in [4.78, 5) is 21.9. The van der Waals surface area contributed by atoms with Crippen molar-refractivity contribution in [1.82, 2.24) is 24.9 Å². The molecule has 0 saturated carbocycles. The van der Waals surface area contributed by atoms with E-state index in [-0.39, 0.29) is 30.0 Å². The highest BCUT2D eigenvalue weighted by atomic mass is 19.1. The molecule has 11 heteroatoms. The average molecular weight is 480 g/mol. The van der Waals surface area contributed by atoms with Gasteiger partial charge in [-0.1, -0.05) is 23.4 Å². The van der Waals surface area contributed by atoms with Gasteiger partial charge in [0.15, 0.2) is 17.5 Å². The molecule has 4 aromatic rings. The number of benzene rings is 1. The zero-order valence-corrected chi connectivity index (χ0v) is 18.8. The Kier molecular flexibility index (Phi) is 5.98. The molecule has 0 spiro atoms. The van der Waals surface area contributed by atoms with Crippen molar-refractivity contribution in [1.29, 1.82) is 0 Å². The normalized spacial score (nSPS) is 18.1. The first-order chi connectivity index (χ1) is 16.9. The molecular formula is C24H22F2N6O3. The Hall–Kier alpha value is -4.15. The Morgan fingerprint density at radius 2 is 2.00 bits per heavy atom. The van der Waals surface area contributed by atoms with Crippen molar-refractivity contribution in [2.45, 2.75) is 44.8 Å². The highest BCUT2D eigenvalue weighted by Gasteiger charge is 2.36. The van der Waals surface area contributed by atoms with Gasteiger partial charge in [-0.25, -0.2) is 23.5 Å². The van der Waals surface area contributed by atoms with Crippen LogP contribution < -0.4 is 4.90 Å². The van der Waals surface area contributed by atoms with E-state index in [1.54, 1.807) is 35.0 Å². The molecule has 1 fully saturated rings. The van der Waals surface area contributed by atoms with Crippen LogP contribution in [0.4, 0.5) is 14.6 Å². The number of carboxylic acids is 1. The molecule has 1 aromatic carbocycles. The van der Waals surface area contributed by atoms with Crippen molar-refractivity contribution in [3.8, 4) is 22.9 Å². The van der Waals surface area contributed by atoms with Gasteiger partial charge in [-0.3, -0.25) is 4.68 Å². The second-order valence-corrected chi connectivity index (χ2v) is 8.45. The molecule has 180 valence electrons. The summed E-state index contributed by atoms with van der Waals surface area (Å²) in [5.74, 6) is -2.09. The van der Waals surface area contributed by atoms with Crippen molar-refractivity contribution >= 4 is 11.8 Å². The molecular weight excluding hydrogens is 458 g/mol. The van der Waals surface area contributed by atoms with E-state index in [0.29, 0.717) is 29.1 Å². The standard InChI is InChI=1S/C24H22F2N6O3/c1-14-5-4-8-20(24(33)34)32(14)23-17(26)12-27-22(28-23)19-11-21(18-9-10-35-30-18)31(29-19)13-15-6-2-3-7-16(15)25/h2-3,6-7,9-12,14,20H,4-5,8,13H2,1H3,(H,33,34). The fourth-order valence-corrected chi connectivity index (χ4v) is 4.44. The van der Waals surface area contributed by atoms with E-state index in [4.69, 9.17) is 4.52 Å². The van der Waals surface area contributed by atoms with Crippen molar-refractivity contribution in [3.05, 3.63) is 66.1 Å². The van der Waals surface area contributed by atoms with E-state index in [9.17, 15) is 18.7 Å². The number of aliphatic carboxylic acids is 1. The summed E-state index contributed by atoms with van der Waals surface area (Å²) in [6.07, 6.45) is 4.27. The minimum Gasteiger partial charge on any atom is -0.480 e. The predicted molar refractivity (Wildman–Crippen MR) is 121 cm³/mol. The second-order valence-electron chi connectivity index (χ2n) is 8.45. The van der Waals surface area contributed by atoms with E-state index >= 15 is 0 Å². The fraction of sp³-hybridized carbons (Fsp3) is 0.292. The average Bonchev–Trinajstić information content (AvgIpc) is 3.51. The summed E-state index contributed by atoms with van der Waals surface area (Å²) in [7, 11) is 0. The molecule has 0 bridgehead atoms. The van der Waals surface area contributed by atoms with E-state index in [1.807, 2.05) is 6.92 Å². The van der Waals surface area contributed by atoms with E-state index < -0.39 is 17.8 Å². The van der Waals surface area contributed by atoms with Crippen molar-refractivity contribution in [2.24, 2.45) is 0 Å². The largest absolute Gasteiger partial charge is 0.480 e. The summed E-state index contributed by atoms with van der Waals surface area (Å²) < 4.78 is 35.7. The number of halogens is 2. The minimum atomic E-state index is -1.03. The lowest BCUT2D eigenvalue weighted by Crippen LogP contribution is -2.50. The first-order valence-corrected chi connectivity index (χ1v) is 11.2. The van der Waals surface area contributed by atoms with E-state index in [0.717, 1.165) is 19.0 Å². The predicted octanol–water partition coefficient (Wildman–Crippen LogP) is 4.15. The molecule has 0 radical (unpaired) electrons. The third-order valence-corrected chi connectivity index (χ3v) is 6.15. The Balaban J connectivity index is 1.57. The highest BCUT2D eigenvalue weighted by Crippen LogP contribution is 2.32. The molecule has 2 atom stereocenters. The number of carbonyl (C=O) groups is 1. The van der Waals surface area contributed by atoms with Gasteiger partial charge < -0.3 is 14.5 Å². The number of hydrogen-bond donors (Lipinski definition) is 1. The van der Waals surface area contributed by atoms with Gasteiger partial charge in [0.2, 0.25) is 0 Å². The molecule has 2 unspecified atom stereocenters. The van der Waals surface area contributed by atoms with Gasteiger partial charge in [-0.2, -0.15) is 5.10 Å². The minimum absolute atomic E-state index is 0.0822. The Bertz CT molecular complexity index is 1360. The second kappa shape index (κ2) is 9.24. The molecule has 5 rings (SSSR count). The Labute approximate surface area is 199 Å². The Morgan fingerprint density at radius 1 is 1.17 bits per heavy atom. The third-order valence-electron chi connectivity index (χ3n) is 6.15. The maximum atomic E-state index is 14.9. The number of carboxylic acid groups (broad SMARTS) is 1. The quantitative estimate of drug-likeness (QED) is 0.438. The molecule has 1 N–H and O–H groups in total. The number of aromatic nitrogens is 5. The molecule has 4 heterocycles. The first-order valence-electron chi connectivity index (χ1n) is 11.2. The molecule has 35 heavy (non-hydrogen) atoms. The van der Waals surface area contributed by atoms with Crippen LogP contribution in [0.15, 0.2) is 53.4 Å². The lowest BCUT2D eigenvalue weighted by atomic mass is 9.96. The van der Waals surface area contributed by atoms with Crippen LogP contribution in [0.2, 0.25) is 0 Å². The number of rotatable bonds is 6. The summed E-state index contributed by atoms with van der Waals surface area (Å²) >= 11 is 0. The Morgan fingerprint density at radius 3 is 2.74 bits per heavy atom. The van der Waals surface area contributed by atoms with Gasteiger partial charge in [-0.05, 0) is 38.3 Å². The monoisotopic (exact) mass is 480 g/mol. The summed E-state index contributed by atoms with van der Waals surface area (Å²) in [6.45, 7) is 1.95. The molecule has 0 aliphatic carbocycles. The zero-order valence-electron chi connectivity index (χ0n) is 18.8. The number of piperidine rings is 1. The van der Waals surface area contributed by atoms with Crippen LogP contribution in [0.3, 0.4) is 0 Å². The summed E-state index contributed by atoms with van der Waals surface area (Å²) in [5, 5.41) is 18.2. The number of nitrogens with zero attached hydrogens (tertiary/aromatic N) is 6. The zero-order chi connectivity index (χ0) is 24.5. The van der Waals surface area contributed by atoms with E-state index in [2.05, 4.69) is 20.2 Å². The fourth-order valence-electron chi connectivity index (χ4n) is 4.44. The first kappa shape index (κ1) is 22.6. The maximum absolute atomic E-state index is 14.9. The summed E-state index contributed by atoms with van der Waals surface area (Å²) in [6, 6.07) is 8.54. The third kappa shape index (κ3) is 4.36. The van der Waals surface area contributed by atoms with Crippen LogP contribution in [0.5, 0.6) is 0 Å². The summed E-state index contributed by atoms with van der Waals surface area (Å²) in [5.41, 5.74) is 1.72. The molecule has 3 aromatic heterocycles. The SMILES string of the molecule is CC1CCCC(C(=O)O)N1c1nc(-c2cc(-c3ccon3)n(Cc3ccccc3F)n2)ncc1F. The molecule has 1 aliphatic rings. The van der Waals surface area contributed by atoms with Crippen LogP contribution in [0.1, 0.15) is 31.7 Å². The highest BCUT2D eigenvalue weighted by molar-refractivity contribution is 5.78. The molecule has 0 amide bonds. The van der Waals surface area contributed by atoms with Crippen LogP contribution in [0.25, 0.3) is 22.9 Å². The lowest BCUT2D eigenvalue weighted by Gasteiger charge is -2.39. The maximum Gasteiger partial charge on any atom is 0.326 e. The number of anilines is 1. The van der Waals surface area contributed by atoms with Gasteiger partial charge >= 0.3 is 5.97 Å². The van der Waals surface area contributed by atoms with Gasteiger partial charge in [0.25, 0.3) is 0 Å². The van der Waals surface area contributed by atoms with Crippen LogP contribution in [-0.2, 0) is 11.3 Å². The van der Waals surface area contributed by atoms with Gasteiger partial charge in [0.1, 0.15) is 29.5 Å². The van der Waals surface area contributed by atoms with Crippen molar-refractivity contribution in [2.75, 3.05) is 4.90 Å². The smallest absolute Gasteiger partial charge is 0.326 e.